The highest BCUT2D eigenvalue weighted by Gasteiger charge is 2.67. The first-order chi connectivity index (χ1) is 30.3. The standard InChI is InChI=1S/C48H56N6O8Si/c1-32-44(63(3,4)39-19-17-38(61-2)18-20-39)42(28-43(56)50-26-8-11-37(50)30-55)62-48(32)40-27-36(54(59)60)16-21-41(40)51(46(48)58)29-33-12-14-34(15-13-33)52-31-53(35-9-6-5-7-10-35)47(45(52)57)22-24-49-25-23-47/h5-7,9-10,12-21,27,32,37,42,44,49,55H,8,11,22-26,28-31H2,1-4H3/t32-,37+,42+,44-,48+/m1/s1. The lowest BCUT2D eigenvalue weighted by molar-refractivity contribution is -0.385. The number of amides is 3. The van der Waals surface area contributed by atoms with E-state index in [1.807, 2.05) is 66.4 Å². The van der Waals surface area contributed by atoms with Crippen LogP contribution in [0.5, 0.6) is 5.75 Å². The number of piperidine rings is 1. The fourth-order valence-electron chi connectivity index (χ4n) is 11.5. The van der Waals surface area contributed by atoms with Crippen molar-refractivity contribution >= 4 is 53.7 Å². The predicted octanol–water partition coefficient (Wildman–Crippen LogP) is 5.67. The van der Waals surface area contributed by atoms with Crippen molar-refractivity contribution in [1.29, 1.82) is 0 Å². The van der Waals surface area contributed by atoms with Crippen molar-refractivity contribution in [2.24, 2.45) is 5.92 Å². The Morgan fingerprint density at radius 1 is 0.968 bits per heavy atom. The summed E-state index contributed by atoms with van der Waals surface area (Å²) in [5.74, 6) is -0.163. The number of methoxy groups -OCH3 is 1. The molecule has 330 valence electrons. The van der Waals surface area contributed by atoms with E-state index in [4.69, 9.17) is 9.47 Å². The molecule has 9 rings (SSSR count). The van der Waals surface area contributed by atoms with E-state index in [0.29, 0.717) is 49.5 Å². The minimum Gasteiger partial charge on any atom is -0.497 e. The van der Waals surface area contributed by atoms with Gasteiger partial charge < -0.3 is 34.6 Å². The maximum Gasteiger partial charge on any atom is 0.269 e. The first-order valence-electron chi connectivity index (χ1n) is 22.1. The van der Waals surface area contributed by atoms with Crippen LogP contribution in [-0.2, 0) is 31.3 Å². The van der Waals surface area contributed by atoms with Gasteiger partial charge in [-0.2, -0.15) is 0 Å². The number of para-hydroxylation sites is 1. The van der Waals surface area contributed by atoms with E-state index in [1.54, 1.807) is 23.0 Å². The summed E-state index contributed by atoms with van der Waals surface area (Å²) in [5.41, 5.74) is 0.847. The molecule has 4 saturated heterocycles. The van der Waals surface area contributed by atoms with Gasteiger partial charge in [0.1, 0.15) is 11.3 Å². The van der Waals surface area contributed by atoms with Gasteiger partial charge in [0.05, 0.1) is 64.2 Å². The van der Waals surface area contributed by atoms with E-state index in [-0.39, 0.29) is 54.6 Å². The number of hydrogen-bond donors (Lipinski definition) is 2. The number of aliphatic hydroxyl groups excluding tert-OH is 1. The number of fused-ring (bicyclic) bond motifs is 2. The summed E-state index contributed by atoms with van der Waals surface area (Å²) in [5, 5.41) is 27.0. The number of carbonyl (C=O) groups excluding carboxylic acids is 3. The Labute approximate surface area is 368 Å². The highest BCUT2D eigenvalue weighted by atomic mass is 28.3. The third-order valence-corrected chi connectivity index (χ3v) is 19.2. The summed E-state index contributed by atoms with van der Waals surface area (Å²) >= 11 is 0. The van der Waals surface area contributed by atoms with E-state index in [2.05, 4.69) is 47.6 Å². The topological polar surface area (TPSA) is 158 Å². The van der Waals surface area contributed by atoms with Gasteiger partial charge in [0.2, 0.25) is 5.91 Å². The molecule has 0 aliphatic carbocycles. The van der Waals surface area contributed by atoms with Gasteiger partial charge in [-0.05, 0) is 92.3 Å². The Kier molecular flexibility index (Phi) is 11.2. The van der Waals surface area contributed by atoms with Crippen molar-refractivity contribution in [3.63, 3.8) is 0 Å². The Morgan fingerprint density at radius 3 is 2.35 bits per heavy atom. The molecule has 0 bridgehead atoms. The van der Waals surface area contributed by atoms with Gasteiger partial charge in [-0.15, -0.1) is 0 Å². The molecule has 5 heterocycles. The van der Waals surface area contributed by atoms with Crippen LogP contribution >= 0.6 is 0 Å². The molecule has 4 aromatic rings. The molecule has 63 heavy (non-hydrogen) atoms. The van der Waals surface area contributed by atoms with E-state index in [0.717, 1.165) is 41.6 Å². The quantitative estimate of drug-likeness (QED) is 0.109. The molecule has 0 radical (unpaired) electrons. The molecule has 4 fully saturated rings. The number of nitrogens with zero attached hydrogens (tertiary/aromatic N) is 5. The lowest BCUT2D eigenvalue weighted by Crippen LogP contribution is -2.55. The zero-order chi connectivity index (χ0) is 44.3. The van der Waals surface area contributed by atoms with Crippen LogP contribution in [0.3, 0.4) is 0 Å². The Bertz CT molecular complexity index is 2390. The van der Waals surface area contributed by atoms with Crippen LogP contribution in [0.4, 0.5) is 22.7 Å². The third kappa shape index (κ3) is 7.00. The molecule has 15 heteroatoms. The number of nitro groups is 1. The van der Waals surface area contributed by atoms with Gasteiger partial charge in [-0.1, -0.05) is 67.7 Å². The molecule has 5 atom stereocenters. The molecule has 0 unspecified atom stereocenters. The summed E-state index contributed by atoms with van der Waals surface area (Å²) in [6.45, 7) is 8.94. The average Bonchev–Trinajstić information content (AvgIpc) is 4.03. The smallest absolute Gasteiger partial charge is 0.269 e. The summed E-state index contributed by atoms with van der Waals surface area (Å²) in [7, 11) is -1.01. The second-order valence-electron chi connectivity index (χ2n) is 18.4. The zero-order valence-corrected chi connectivity index (χ0v) is 37.4. The van der Waals surface area contributed by atoms with Gasteiger partial charge in [0.15, 0.2) is 5.60 Å². The number of nitrogens with one attached hydrogen (secondary N) is 1. The molecular weight excluding hydrogens is 817 g/mol. The fraction of sp³-hybridized carbons (Fsp3) is 0.438. The maximum absolute atomic E-state index is 15.5. The SMILES string of the molecule is COc1ccc([Si](C)(C)[C@H]2[C@H](CC(=O)N3CCC[C@H]3CO)O[C@@]3(C(=O)N(Cc4ccc(N5CN(c6ccccc6)C6(CCNCC6)C5=O)cc4)c4ccc([N+](=O)[O-])cc43)[C@@H]2C)cc1. The van der Waals surface area contributed by atoms with Crippen LogP contribution in [0, 0.1) is 16.0 Å². The number of nitro benzene ring substituents is 1. The number of ether oxygens (including phenoxy) is 2. The third-order valence-electron chi connectivity index (χ3n) is 14.8. The number of carbonyl (C=O) groups is 3. The Morgan fingerprint density at radius 2 is 1.68 bits per heavy atom. The number of likely N-dealkylation sites (tertiary alicyclic amines) is 1. The van der Waals surface area contributed by atoms with Crippen LogP contribution in [0.15, 0.2) is 97.1 Å². The minimum atomic E-state index is -2.63. The van der Waals surface area contributed by atoms with Crippen LogP contribution in [0.25, 0.3) is 0 Å². The van der Waals surface area contributed by atoms with Crippen LogP contribution < -0.4 is 29.9 Å². The van der Waals surface area contributed by atoms with Gasteiger partial charge in [0.25, 0.3) is 17.5 Å². The molecule has 0 saturated carbocycles. The number of rotatable bonds is 11. The first-order valence-corrected chi connectivity index (χ1v) is 25.2. The van der Waals surface area contributed by atoms with Gasteiger partial charge in [-0.3, -0.25) is 29.4 Å². The Balaban J connectivity index is 1.06. The second kappa shape index (κ2) is 16.5. The van der Waals surface area contributed by atoms with Crippen molar-refractivity contribution in [2.75, 3.05) is 54.7 Å². The molecule has 2 spiro atoms. The monoisotopic (exact) mass is 872 g/mol. The molecule has 4 aromatic carbocycles. The zero-order valence-electron chi connectivity index (χ0n) is 36.4. The number of aliphatic hydroxyl groups is 1. The van der Waals surface area contributed by atoms with Crippen LogP contribution in [-0.4, -0.2) is 98.4 Å². The summed E-state index contributed by atoms with van der Waals surface area (Å²) in [4.78, 5) is 63.4. The molecule has 2 N–H and O–H groups in total. The van der Waals surface area contributed by atoms with Crippen molar-refractivity contribution in [1.82, 2.24) is 10.2 Å². The highest BCUT2D eigenvalue weighted by molar-refractivity contribution is 6.91. The second-order valence-corrected chi connectivity index (χ2v) is 23.0. The molecule has 5 aliphatic heterocycles. The number of benzene rings is 4. The average molecular weight is 873 g/mol. The normalized spacial score (nSPS) is 25.4. The van der Waals surface area contributed by atoms with Crippen LogP contribution in [0.1, 0.15) is 50.2 Å². The van der Waals surface area contributed by atoms with E-state index >= 15 is 4.79 Å². The predicted molar refractivity (Wildman–Crippen MR) is 243 cm³/mol. The number of non-ortho nitro benzene ring substituents is 1. The van der Waals surface area contributed by atoms with Crippen molar-refractivity contribution in [2.45, 2.75) is 87.5 Å². The summed E-state index contributed by atoms with van der Waals surface area (Å²) in [6.07, 6.45) is 2.22. The van der Waals surface area contributed by atoms with Crippen molar-refractivity contribution in [3.05, 3.63) is 118 Å². The fourth-order valence-corrected chi connectivity index (χ4v) is 15.6. The van der Waals surface area contributed by atoms with E-state index in [9.17, 15) is 24.8 Å². The summed E-state index contributed by atoms with van der Waals surface area (Å²) in [6, 6.07) is 30.0. The molecular formula is C48H56N6O8Si. The largest absolute Gasteiger partial charge is 0.497 e. The highest BCUT2D eigenvalue weighted by Crippen LogP contribution is 2.60. The van der Waals surface area contributed by atoms with Gasteiger partial charge >= 0.3 is 0 Å². The Hall–Kier alpha value is -5.61. The summed E-state index contributed by atoms with van der Waals surface area (Å²) < 4.78 is 12.6. The lowest BCUT2D eigenvalue weighted by Gasteiger charge is -2.39. The number of hydrogen-bond acceptors (Lipinski definition) is 10. The van der Waals surface area contributed by atoms with Crippen LogP contribution in [0.2, 0.25) is 18.6 Å². The maximum atomic E-state index is 15.5. The van der Waals surface area contributed by atoms with Gasteiger partial charge in [-0.25, -0.2) is 0 Å². The van der Waals surface area contributed by atoms with Gasteiger partial charge in [0, 0.05) is 41.5 Å². The van der Waals surface area contributed by atoms with Crippen molar-refractivity contribution in [3.8, 4) is 5.75 Å². The minimum absolute atomic E-state index is 0.00750. The van der Waals surface area contributed by atoms with E-state index < -0.39 is 36.2 Å². The molecule has 5 aliphatic rings. The van der Waals surface area contributed by atoms with E-state index in [1.165, 1.54) is 12.1 Å². The van der Waals surface area contributed by atoms with Crippen molar-refractivity contribution < 1.29 is 33.9 Å². The lowest BCUT2D eigenvalue weighted by atomic mass is 9.82. The molecule has 3 amide bonds. The number of anilines is 3. The molecule has 14 nitrogen and oxygen atoms in total. The molecule has 0 aromatic heterocycles. The first kappa shape index (κ1) is 42.7.